The molecule has 7 heteroatoms. The number of hydrogen-bond donors (Lipinski definition) is 1. The van der Waals surface area contributed by atoms with Crippen molar-refractivity contribution in [3.63, 3.8) is 0 Å². The molecule has 3 rings (SSSR count). The van der Waals surface area contributed by atoms with Crippen molar-refractivity contribution in [1.29, 1.82) is 0 Å². The smallest absolute Gasteiger partial charge is 0.414 e. The first-order valence-corrected chi connectivity index (χ1v) is 6.07. The number of rotatable bonds is 3. The Morgan fingerprint density at radius 2 is 2.35 bits per heavy atom. The van der Waals surface area contributed by atoms with E-state index < -0.39 is 18.0 Å². The average Bonchev–Trinajstić information content (AvgIpc) is 3.07. The number of amides is 1. The lowest BCUT2D eigenvalue weighted by Crippen LogP contribution is -2.25. The minimum atomic E-state index is -0.588. The Hall–Kier alpha value is -2.41. The van der Waals surface area contributed by atoms with Crippen LogP contribution in [0.2, 0.25) is 0 Å². The van der Waals surface area contributed by atoms with Crippen molar-refractivity contribution in [1.82, 2.24) is 9.78 Å². The van der Waals surface area contributed by atoms with Gasteiger partial charge in [0, 0.05) is 12.4 Å². The minimum Gasteiger partial charge on any atom is -0.441 e. The number of benzene rings is 1. The number of anilines is 1. The molecule has 2 heterocycles. The van der Waals surface area contributed by atoms with Crippen LogP contribution in [0.5, 0.6) is 0 Å². The molecule has 1 fully saturated rings. The molecule has 104 valence electrons. The van der Waals surface area contributed by atoms with Gasteiger partial charge in [-0.05, 0) is 24.3 Å². The summed E-state index contributed by atoms with van der Waals surface area (Å²) in [5.74, 6) is -0.494. The fourth-order valence-electron chi connectivity index (χ4n) is 2.09. The number of halogens is 1. The summed E-state index contributed by atoms with van der Waals surface area (Å²) in [4.78, 5) is 12.9. The molecule has 1 aliphatic heterocycles. The quantitative estimate of drug-likeness (QED) is 0.919. The predicted molar refractivity (Wildman–Crippen MR) is 68.2 cm³/mol. The second-order valence-corrected chi connectivity index (χ2v) is 4.39. The molecular formula is C13H12FN3O3. The lowest BCUT2D eigenvalue weighted by Gasteiger charge is -2.14. The molecule has 1 N–H and O–H groups in total. The molecule has 0 aliphatic carbocycles. The average molecular weight is 277 g/mol. The zero-order valence-corrected chi connectivity index (χ0v) is 10.4. The fourth-order valence-corrected chi connectivity index (χ4v) is 2.09. The first-order valence-electron chi connectivity index (χ1n) is 6.07. The van der Waals surface area contributed by atoms with Crippen LogP contribution in [0.1, 0.15) is 0 Å². The number of aromatic nitrogens is 2. The number of carbonyl (C=O) groups excluding carboxylic acids is 1. The summed E-state index contributed by atoms with van der Waals surface area (Å²) in [7, 11) is 0. The Morgan fingerprint density at radius 3 is 2.95 bits per heavy atom. The van der Waals surface area contributed by atoms with E-state index in [0.717, 1.165) is 0 Å². The van der Waals surface area contributed by atoms with E-state index in [1.807, 2.05) is 0 Å². The van der Waals surface area contributed by atoms with Gasteiger partial charge in [0.15, 0.2) is 5.82 Å². The highest BCUT2D eigenvalue weighted by Gasteiger charge is 2.32. The van der Waals surface area contributed by atoms with Crippen LogP contribution in [0.25, 0.3) is 5.69 Å². The first kappa shape index (κ1) is 12.6. The van der Waals surface area contributed by atoms with Gasteiger partial charge in [-0.2, -0.15) is 5.10 Å². The SMILES string of the molecule is O=C1OC(CO)CN1c1ccc(-n2cccn2)c(F)c1. The monoisotopic (exact) mass is 277 g/mol. The fraction of sp³-hybridized carbons (Fsp3) is 0.231. The van der Waals surface area contributed by atoms with Crippen molar-refractivity contribution in [3.8, 4) is 5.69 Å². The number of carbonyl (C=O) groups is 1. The van der Waals surface area contributed by atoms with Crippen molar-refractivity contribution < 1.29 is 19.0 Å². The summed E-state index contributed by atoms with van der Waals surface area (Å²) in [5, 5.41) is 12.9. The van der Waals surface area contributed by atoms with E-state index in [1.54, 1.807) is 24.5 Å². The molecule has 1 unspecified atom stereocenters. The number of aliphatic hydroxyl groups is 1. The molecule has 0 spiro atoms. The van der Waals surface area contributed by atoms with Crippen molar-refractivity contribution in [2.24, 2.45) is 0 Å². The highest BCUT2D eigenvalue weighted by molar-refractivity contribution is 5.89. The molecule has 1 atom stereocenters. The largest absolute Gasteiger partial charge is 0.441 e. The van der Waals surface area contributed by atoms with Gasteiger partial charge in [0.1, 0.15) is 11.8 Å². The lowest BCUT2D eigenvalue weighted by atomic mass is 10.2. The van der Waals surface area contributed by atoms with Gasteiger partial charge in [-0.25, -0.2) is 13.9 Å². The van der Waals surface area contributed by atoms with Gasteiger partial charge in [-0.15, -0.1) is 0 Å². The maximum Gasteiger partial charge on any atom is 0.414 e. The van der Waals surface area contributed by atoms with Crippen molar-refractivity contribution in [2.75, 3.05) is 18.1 Å². The molecule has 1 aromatic heterocycles. The van der Waals surface area contributed by atoms with E-state index >= 15 is 0 Å². The standard InChI is InChI=1S/C13H12FN3O3/c14-11-6-9(16-7-10(8-18)20-13(16)19)2-3-12(11)17-5-1-4-15-17/h1-6,10,18H,7-8H2. The van der Waals surface area contributed by atoms with Gasteiger partial charge in [0.05, 0.1) is 18.8 Å². The summed E-state index contributed by atoms with van der Waals surface area (Å²) in [6.45, 7) is -0.0496. The van der Waals surface area contributed by atoms with E-state index in [2.05, 4.69) is 5.10 Å². The van der Waals surface area contributed by atoms with Crippen LogP contribution in [0.4, 0.5) is 14.9 Å². The Bertz CT molecular complexity index is 630. The molecule has 1 aliphatic rings. The molecule has 0 bridgehead atoms. The van der Waals surface area contributed by atoms with Gasteiger partial charge >= 0.3 is 6.09 Å². The summed E-state index contributed by atoms with van der Waals surface area (Å²) in [6, 6.07) is 6.09. The Kier molecular flexibility index (Phi) is 3.11. The second-order valence-electron chi connectivity index (χ2n) is 4.39. The van der Waals surface area contributed by atoms with Crippen LogP contribution in [-0.4, -0.2) is 40.2 Å². The molecular weight excluding hydrogens is 265 g/mol. The molecule has 6 nitrogen and oxygen atoms in total. The molecule has 2 aromatic rings. The van der Waals surface area contributed by atoms with E-state index in [1.165, 1.54) is 21.7 Å². The van der Waals surface area contributed by atoms with Crippen LogP contribution in [0, 0.1) is 5.82 Å². The third-order valence-electron chi connectivity index (χ3n) is 3.07. The number of aliphatic hydroxyl groups excluding tert-OH is 1. The number of nitrogens with zero attached hydrogens (tertiary/aromatic N) is 3. The summed E-state index contributed by atoms with van der Waals surface area (Å²) < 4.78 is 20.4. The first-order chi connectivity index (χ1) is 9.69. The summed E-state index contributed by atoms with van der Waals surface area (Å²) in [6.07, 6.45) is 2.02. The summed E-state index contributed by atoms with van der Waals surface area (Å²) in [5.41, 5.74) is 0.685. The van der Waals surface area contributed by atoms with Crippen LogP contribution in [0.3, 0.4) is 0 Å². The van der Waals surface area contributed by atoms with Gasteiger partial charge in [0.2, 0.25) is 0 Å². The molecule has 0 saturated carbocycles. The zero-order chi connectivity index (χ0) is 14.1. The highest BCUT2D eigenvalue weighted by Crippen LogP contribution is 2.25. The van der Waals surface area contributed by atoms with Crippen LogP contribution in [-0.2, 0) is 4.74 Å². The van der Waals surface area contributed by atoms with Gasteiger partial charge in [0.25, 0.3) is 0 Å². The predicted octanol–water partition coefficient (Wildman–Crippen LogP) is 1.33. The van der Waals surface area contributed by atoms with Crippen molar-refractivity contribution >= 4 is 11.8 Å². The number of cyclic esters (lactones) is 1. The van der Waals surface area contributed by atoms with Gasteiger partial charge in [-0.1, -0.05) is 0 Å². The molecule has 20 heavy (non-hydrogen) atoms. The van der Waals surface area contributed by atoms with E-state index in [4.69, 9.17) is 9.84 Å². The molecule has 0 radical (unpaired) electrons. The Labute approximate surface area is 114 Å². The van der Waals surface area contributed by atoms with Crippen LogP contribution in [0.15, 0.2) is 36.7 Å². The molecule has 1 amide bonds. The summed E-state index contributed by atoms with van der Waals surface area (Å²) >= 11 is 0. The molecule has 1 aromatic carbocycles. The van der Waals surface area contributed by atoms with E-state index in [9.17, 15) is 9.18 Å². The van der Waals surface area contributed by atoms with Crippen LogP contribution >= 0.6 is 0 Å². The van der Waals surface area contributed by atoms with E-state index in [0.29, 0.717) is 11.4 Å². The second kappa shape index (κ2) is 4.93. The third kappa shape index (κ3) is 2.12. The lowest BCUT2D eigenvalue weighted by molar-refractivity contribution is 0.0963. The van der Waals surface area contributed by atoms with Gasteiger partial charge < -0.3 is 9.84 Å². The maximum atomic E-state index is 14.1. The van der Waals surface area contributed by atoms with E-state index in [-0.39, 0.29) is 13.2 Å². The van der Waals surface area contributed by atoms with Crippen molar-refractivity contribution in [2.45, 2.75) is 6.10 Å². The number of hydrogen-bond acceptors (Lipinski definition) is 4. The minimum absolute atomic E-state index is 0.204. The topological polar surface area (TPSA) is 67.6 Å². The maximum absolute atomic E-state index is 14.1. The number of ether oxygens (including phenoxy) is 1. The van der Waals surface area contributed by atoms with Gasteiger partial charge in [-0.3, -0.25) is 4.90 Å². The normalized spacial score (nSPS) is 18.4. The molecule has 1 saturated heterocycles. The highest BCUT2D eigenvalue weighted by atomic mass is 19.1. The Morgan fingerprint density at radius 1 is 1.50 bits per heavy atom. The van der Waals surface area contributed by atoms with Crippen molar-refractivity contribution in [3.05, 3.63) is 42.5 Å². The van der Waals surface area contributed by atoms with Crippen LogP contribution < -0.4 is 4.90 Å². The Balaban J connectivity index is 1.89. The zero-order valence-electron chi connectivity index (χ0n) is 10.4. The third-order valence-corrected chi connectivity index (χ3v) is 3.07.